The molecule has 1 aromatic heterocycles. The number of rotatable bonds is 1. The minimum absolute atomic E-state index is 0.606. The summed E-state index contributed by atoms with van der Waals surface area (Å²) in [7, 11) is 0. The zero-order chi connectivity index (χ0) is 11.7. The average molecular weight is 231 g/mol. The normalized spacial score (nSPS) is 27.7. The molecule has 0 radical (unpaired) electrons. The Hall–Kier alpha value is -2.02. The molecule has 5 rings (SSSR count). The Balaban J connectivity index is 1.72. The van der Waals surface area contributed by atoms with Gasteiger partial charge < -0.3 is 4.98 Å². The first-order valence-electron chi connectivity index (χ1n) is 6.61. The van der Waals surface area contributed by atoms with Gasteiger partial charge in [0.2, 0.25) is 0 Å². The van der Waals surface area contributed by atoms with Gasteiger partial charge in [-0.2, -0.15) is 0 Å². The molecule has 0 spiro atoms. The standard InChI is InChI=1S/C17H13N/c1-2-4-17-12(3-1)16(9-18-17)15-8-13-10-5-6-11(13)14(15)7-10/h1-7,9,13,15,18H,8H2. The van der Waals surface area contributed by atoms with Gasteiger partial charge in [-0.15, -0.1) is 0 Å². The monoisotopic (exact) mass is 231 g/mol. The average Bonchev–Trinajstić information content (AvgIpc) is 3.15. The van der Waals surface area contributed by atoms with Gasteiger partial charge in [0, 0.05) is 28.9 Å². The van der Waals surface area contributed by atoms with Crippen LogP contribution in [0.3, 0.4) is 0 Å². The maximum atomic E-state index is 3.41. The molecule has 1 aromatic carbocycles. The fraction of sp³-hybridized carbons (Fsp3) is 0.176. The minimum Gasteiger partial charge on any atom is -0.361 e. The SMILES string of the molecule is C1=CC2=C3C=C1C2CC3c1c[nH]c2ccccc12. The van der Waals surface area contributed by atoms with Gasteiger partial charge in [0.25, 0.3) is 0 Å². The van der Waals surface area contributed by atoms with Crippen LogP contribution >= 0.6 is 0 Å². The van der Waals surface area contributed by atoms with Gasteiger partial charge in [0.15, 0.2) is 0 Å². The van der Waals surface area contributed by atoms with Crippen molar-refractivity contribution in [1.82, 2.24) is 4.98 Å². The Kier molecular flexibility index (Phi) is 1.43. The van der Waals surface area contributed by atoms with Gasteiger partial charge in [-0.05, 0) is 34.8 Å². The van der Waals surface area contributed by atoms with E-state index in [1.807, 2.05) is 0 Å². The van der Waals surface area contributed by atoms with Crippen LogP contribution in [0.15, 0.2) is 65.4 Å². The van der Waals surface area contributed by atoms with Crippen molar-refractivity contribution in [3.63, 3.8) is 0 Å². The molecule has 86 valence electrons. The lowest BCUT2D eigenvalue weighted by molar-refractivity contribution is 0.657. The van der Waals surface area contributed by atoms with E-state index in [1.54, 1.807) is 11.1 Å². The van der Waals surface area contributed by atoms with Crippen molar-refractivity contribution in [1.29, 1.82) is 0 Å². The molecule has 1 nitrogen and oxygen atoms in total. The molecule has 18 heavy (non-hydrogen) atoms. The molecule has 0 saturated heterocycles. The largest absolute Gasteiger partial charge is 0.361 e. The van der Waals surface area contributed by atoms with E-state index in [0.717, 1.165) is 0 Å². The fourth-order valence-corrected chi connectivity index (χ4v) is 3.91. The first-order valence-corrected chi connectivity index (χ1v) is 6.61. The molecule has 3 aliphatic carbocycles. The molecule has 0 fully saturated rings. The lowest BCUT2D eigenvalue weighted by Gasteiger charge is -2.18. The first kappa shape index (κ1) is 8.98. The van der Waals surface area contributed by atoms with Gasteiger partial charge in [-0.1, -0.05) is 36.4 Å². The highest BCUT2D eigenvalue weighted by Gasteiger charge is 2.41. The first-order chi connectivity index (χ1) is 8.92. The van der Waals surface area contributed by atoms with Crippen LogP contribution < -0.4 is 0 Å². The third-order valence-electron chi connectivity index (χ3n) is 4.73. The van der Waals surface area contributed by atoms with Crippen molar-refractivity contribution in [2.45, 2.75) is 12.3 Å². The van der Waals surface area contributed by atoms with Gasteiger partial charge in [0.05, 0.1) is 0 Å². The van der Waals surface area contributed by atoms with Gasteiger partial charge in [-0.3, -0.25) is 0 Å². The molecule has 2 atom stereocenters. The summed E-state index contributed by atoms with van der Waals surface area (Å²) < 4.78 is 0. The van der Waals surface area contributed by atoms with Crippen LogP contribution in [-0.4, -0.2) is 4.98 Å². The summed E-state index contributed by atoms with van der Waals surface area (Å²) in [5.74, 6) is 1.31. The van der Waals surface area contributed by atoms with E-state index in [4.69, 9.17) is 0 Å². The van der Waals surface area contributed by atoms with Crippen molar-refractivity contribution in [3.05, 3.63) is 71.0 Å². The lowest BCUT2D eigenvalue weighted by Crippen LogP contribution is -2.04. The predicted octanol–water partition coefficient (Wildman–Crippen LogP) is 4.08. The fourth-order valence-electron chi connectivity index (χ4n) is 3.91. The highest BCUT2D eigenvalue weighted by Crippen LogP contribution is 2.56. The van der Waals surface area contributed by atoms with Gasteiger partial charge >= 0.3 is 0 Å². The number of hydrogen-bond acceptors (Lipinski definition) is 0. The Morgan fingerprint density at radius 3 is 2.83 bits per heavy atom. The summed E-state index contributed by atoms with van der Waals surface area (Å²) in [6.45, 7) is 0. The Morgan fingerprint density at radius 2 is 1.94 bits per heavy atom. The number of nitrogens with one attached hydrogen (secondary N) is 1. The van der Waals surface area contributed by atoms with E-state index in [1.165, 1.54) is 28.5 Å². The Morgan fingerprint density at radius 1 is 1.00 bits per heavy atom. The number of H-pyrrole nitrogens is 1. The molecular weight excluding hydrogens is 218 g/mol. The quantitative estimate of drug-likeness (QED) is 0.761. The van der Waals surface area contributed by atoms with Crippen LogP contribution in [0.2, 0.25) is 0 Å². The van der Waals surface area contributed by atoms with E-state index in [2.05, 4.69) is 53.7 Å². The van der Waals surface area contributed by atoms with Crippen molar-refractivity contribution in [2.75, 3.05) is 0 Å². The van der Waals surface area contributed by atoms with E-state index >= 15 is 0 Å². The number of benzene rings is 1. The van der Waals surface area contributed by atoms with E-state index in [-0.39, 0.29) is 0 Å². The van der Waals surface area contributed by atoms with E-state index in [9.17, 15) is 0 Å². The van der Waals surface area contributed by atoms with Gasteiger partial charge in [-0.25, -0.2) is 0 Å². The third-order valence-corrected chi connectivity index (χ3v) is 4.73. The molecular formula is C17H13N. The smallest absolute Gasteiger partial charge is 0.0457 e. The van der Waals surface area contributed by atoms with Crippen molar-refractivity contribution in [3.8, 4) is 0 Å². The van der Waals surface area contributed by atoms with Crippen LogP contribution in [0.4, 0.5) is 0 Å². The summed E-state index contributed by atoms with van der Waals surface area (Å²) in [5.41, 5.74) is 7.43. The van der Waals surface area contributed by atoms with E-state index < -0.39 is 0 Å². The third kappa shape index (κ3) is 0.906. The molecule has 0 amide bonds. The zero-order valence-corrected chi connectivity index (χ0v) is 9.98. The van der Waals surface area contributed by atoms with Crippen LogP contribution in [-0.2, 0) is 0 Å². The van der Waals surface area contributed by atoms with Crippen LogP contribution in [0.1, 0.15) is 17.9 Å². The maximum absolute atomic E-state index is 3.41. The number of fused-ring (bicyclic) bond motifs is 1. The van der Waals surface area contributed by atoms with E-state index in [0.29, 0.717) is 11.8 Å². The summed E-state index contributed by atoms with van der Waals surface area (Å²) >= 11 is 0. The van der Waals surface area contributed by atoms with Crippen LogP contribution in [0.5, 0.6) is 0 Å². The number of para-hydroxylation sites is 1. The topological polar surface area (TPSA) is 15.8 Å². The summed E-state index contributed by atoms with van der Waals surface area (Å²) in [6, 6.07) is 8.63. The maximum Gasteiger partial charge on any atom is 0.0457 e. The molecule has 1 heteroatoms. The van der Waals surface area contributed by atoms with Crippen molar-refractivity contribution < 1.29 is 0 Å². The molecule has 2 aromatic rings. The molecule has 0 aliphatic heterocycles. The summed E-state index contributed by atoms with van der Waals surface area (Å²) in [5, 5.41) is 1.39. The minimum atomic E-state index is 0.606. The second-order valence-corrected chi connectivity index (χ2v) is 5.52. The van der Waals surface area contributed by atoms with Crippen LogP contribution in [0, 0.1) is 5.92 Å². The van der Waals surface area contributed by atoms with Crippen molar-refractivity contribution >= 4 is 10.9 Å². The number of aromatic amines is 1. The summed E-state index contributed by atoms with van der Waals surface area (Å²) in [6.07, 6.45) is 10.5. The lowest BCUT2D eigenvalue weighted by atomic mass is 9.84. The molecule has 1 N–H and O–H groups in total. The van der Waals surface area contributed by atoms with Crippen molar-refractivity contribution in [2.24, 2.45) is 5.92 Å². The molecule has 2 unspecified atom stereocenters. The summed E-state index contributed by atoms with van der Waals surface area (Å²) in [4.78, 5) is 3.41. The molecule has 3 aliphatic rings. The second-order valence-electron chi connectivity index (χ2n) is 5.52. The molecule has 1 heterocycles. The number of allylic oxidation sites excluding steroid dienone is 6. The Labute approximate surface area is 106 Å². The predicted molar refractivity (Wildman–Crippen MR) is 73.4 cm³/mol. The van der Waals surface area contributed by atoms with Gasteiger partial charge in [0.1, 0.15) is 0 Å². The zero-order valence-electron chi connectivity index (χ0n) is 9.98. The molecule has 0 saturated carbocycles. The molecule has 4 bridgehead atoms. The number of aromatic nitrogens is 1. The second kappa shape index (κ2) is 2.86. The number of hydrogen-bond donors (Lipinski definition) is 1. The highest BCUT2D eigenvalue weighted by atomic mass is 14.7. The van der Waals surface area contributed by atoms with Crippen LogP contribution in [0.25, 0.3) is 10.9 Å². The highest BCUT2D eigenvalue weighted by molar-refractivity contribution is 5.85. The Bertz CT molecular complexity index is 770.